The van der Waals surface area contributed by atoms with Gasteiger partial charge in [-0.05, 0) is 47.8 Å². The van der Waals surface area contributed by atoms with Crippen LogP contribution in [-0.2, 0) is 4.74 Å². The van der Waals surface area contributed by atoms with Crippen LogP contribution in [0.25, 0.3) is 0 Å². The molecule has 7 nitrogen and oxygen atoms in total. The molecule has 0 unspecified atom stereocenters. The highest BCUT2D eigenvalue weighted by atomic mass is 32.2. The van der Waals surface area contributed by atoms with Crippen LogP contribution in [0.4, 0.5) is 5.95 Å². The summed E-state index contributed by atoms with van der Waals surface area (Å²) in [5, 5.41) is 5.94. The first-order valence-corrected chi connectivity index (χ1v) is 9.13. The second-order valence-electron chi connectivity index (χ2n) is 4.68. The van der Waals surface area contributed by atoms with Crippen molar-refractivity contribution in [3.05, 3.63) is 48.8 Å². The zero-order chi connectivity index (χ0) is 17.3. The fourth-order valence-corrected chi connectivity index (χ4v) is 3.26. The molecule has 0 aromatic carbocycles. The number of nitrogens with zero attached hydrogens (tertiary/aromatic N) is 5. The molecular formula is C16H16N6OS2. The van der Waals surface area contributed by atoms with Gasteiger partial charge < -0.3 is 10.1 Å². The normalized spacial score (nSPS) is 10.6. The van der Waals surface area contributed by atoms with Gasteiger partial charge in [0.2, 0.25) is 5.95 Å². The number of nitrogens with one attached hydrogen (secondary N) is 1. The van der Waals surface area contributed by atoms with Crippen molar-refractivity contribution in [3.63, 3.8) is 0 Å². The van der Waals surface area contributed by atoms with Crippen LogP contribution in [-0.4, -0.2) is 45.2 Å². The Morgan fingerprint density at radius 3 is 1.96 bits per heavy atom. The van der Waals surface area contributed by atoms with Gasteiger partial charge in [0.1, 0.15) is 10.1 Å². The van der Waals surface area contributed by atoms with Crippen molar-refractivity contribution >= 4 is 29.5 Å². The number of hydrogen-bond acceptors (Lipinski definition) is 9. The average Bonchev–Trinajstić information content (AvgIpc) is 2.63. The molecule has 0 bridgehead atoms. The molecule has 3 aromatic heterocycles. The van der Waals surface area contributed by atoms with Gasteiger partial charge in [-0.15, -0.1) is 0 Å². The van der Waals surface area contributed by atoms with E-state index in [0.29, 0.717) is 29.4 Å². The zero-order valence-corrected chi connectivity index (χ0v) is 15.1. The average molecular weight is 372 g/mol. The van der Waals surface area contributed by atoms with Crippen LogP contribution in [0.2, 0.25) is 0 Å². The number of hydrogen-bond donors (Lipinski definition) is 1. The molecule has 0 spiro atoms. The Morgan fingerprint density at radius 2 is 1.48 bits per heavy atom. The van der Waals surface area contributed by atoms with E-state index in [-0.39, 0.29) is 0 Å². The van der Waals surface area contributed by atoms with E-state index in [9.17, 15) is 0 Å². The highest BCUT2D eigenvalue weighted by molar-refractivity contribution is 7.99. The van der Waals surface area contributed by atoms with Crippen molar-refractivity contribution < 1.29 is 4.74 Å². The monoisotopic (exact) mass is 372 g/mol. The summed E-state index contributed by atoms with van der Waals surface area (Å²) in [7, 11) is 1.65. The van der Waals surface area contributed by atoms with Crippen LogP contribution < -0.4 is 5.32 Å². The lowest BCUT2D eigenvalue weighted by Crippen LogP contribution is -2.11. The van der Waals surface area contributed by atoms with E-state index in [1.165, 1.54) is 23.5 Å². The second kappa shape index (κ2) is 9.30. The molecule has 3 heterocycles. The Hall–Kier alpha value is -2.23. The summed E-state index contributed by atoms with van der Waals surface area (Å²) < 4.78 is 5.05. The predicted molar refractivity (Wildman–Crippen MR) is 96.9 cm³/mol. The molecule has 128 valence electrons. The standard InChI is InChI=1S/C16H16N6OS2/c1-23-11-10-19-14-20-15(24-12-6-2-4-8-17-12)22-16(21-14)25-13-7-3-5-9-18-13/h2-9H,10-11H2,1H3,(H,19,20,21,22). The van der Waals surface area contributed by atoms with Crippen molar-refractivity contribution in [1.29, 1.82) is 0 Å². The minimum atomic E-state index is 0.504. The molecule has 25 heavy (non-hydrogen) atoms. The zero-order valence-electron chi connectivity index (χ0n) is 13.5. The van der Waals surface area contributed by atoms with Crippen LogP contribution in [0.3, 0.4) is 0 Å². The summed E-state index contributed by atoms with van der Waals surface area (Å²) in [6, 6.07) is 11.4. The highest BCUT2D eigenvalue weighted by Gasteiger charge is 2.10. The summed E-state index contributed by atoms with van der Waals surface area (Å²) in [5.74, 6) is 0.504. The smallest absolute Gasteiger partial charge is 0.227 e. The molecular weight excluding hydrogens is 356 g/mol. The third kappa shape index (κ3) is 5.66. The quantitative estimate of drug-likeness (QED) is 0.600. The first-order valence-electron chi connectivity index (χ1n) is 7.50. The molecule has 0 radical (unpaired) electrons. The molecule has 0 saturated heterocycles. The van der Waals surface area contributed by atoms with Gasteiger partial charge in [-0.1, -0.05) is 12.1 Å². The molecule has 9 heteroatoms. The molecule has 0 aliphatic rings. The van der Waals surface area contributed by atoms with Gasteiger partial charge in [-0.25, -0.2) is 9.97 Å². The molecule has 3 aromatic rings. The number of methoxy groups -OCH3 is 1. The first kappa shape index (κ1) is 17.6. The molecule has 0 aliphatic heterocycles. The largest absolute Gasteiger partial charge is 0.383 e. The van der Waals surface area contributed by atoms with E-state index in [1.54, 1.807) is 19.5 Å². The number of rotatable bonds is 8. The van der Waals surface area contributed by atoms with Crippen LogP contribution in [0.1, 0.15) is 0 Å². The fourth-order valence-electron chi connectivity index (χ4n) is 1.78. The maximum Gasteiger partial charge on any atom is 0.227 e. The van der Waals surface area contributed by atoms with E-state index in [4.69, 9.17) is 4.74 Å². The van der Waals surface area contributed by atoms with E-state index < -0.39 is 0 Å². The summed E-state index contributed by atoms with van der Waals surface area (Å²) in [4.78, 5) is 22.0. The maximum atomic E-state index is 5.05. The molecule has 0 atom stereocenters. The minimum Gasteiger partial charge on any atom is -0.383 e. The van der Waals surface area contributed by atoms with Gasteiger partial charge in [0.25, 0.3) is 0 Å². The number of anilines is 1. The molecule has 3 rings (SSSR count). The van der Waals surface area contributed by atoms with Gasteiger partial charge in [0.15, 0.2) is 10.3 Å². The third-order valence-corrected chi connectivity index (χ3v) is 4.48. The first-order chi connectivity index (χ1) is 12.3. The van der Waals surface area contributed by atoms with Crippen molar-refractivity contribution in [1.82, 2.24) is 24.9 Å². The van der Waals surface area contributed by atoms with Gasteiger partial charge >= 0.3 is 0 Å². The maximum absolute atomic E-state index is 5.05. The molecule has 0 fully saturated rings. The summed E-state index contributed by atoms with van der Waals surface area (Å²) in [6.45, 7) is 1.18. The van der Waals surface area contributed by atoms with E-state index in [2.05, 4.69) is 30.2 Å². The Bertz CT molecular complexity index is 731. The molecule has 0 aliphatic carbocycles. The Kier molecular flexibility index (Phi) is 6.55. The van der Waals surface area contributed by atoms with Gasteiger partial charge in [-0.2, -0.15) is 15.0 Å². The van der Waals surface area contributed by atoms with Crippen LogP contribution in [0.15, 0.2) is 69.2 Å². The Balaban J connectivity index is 1.82. The van der Waals surface area contributed by atoms with E-state index >= 15 is 0 Å². The van der Waals surface area contributed by atoms with Crippen molar-refractivity contribution in [3.8, 4) is 0 Å². The highest BCUT2D eigenvalue weighted by Crippen LogP contribution is 2.27. The minimum absolute atomic E-state index is 0.504. The number of ether oxygens (including phenoxy) is 1. The van der Waals surface area contributed by atoms with Gasteiger partial charge in [-0.3, -0.25) is 0 Å². The van der Waals surface area contributed by atoms with E-state index in [1.807, 2.05) is 36.4 Å². The van der Waals surface area contributed by atoms with Crippen LogP contribution in [0, 0.1) is 0 Å². The lowest BCUT2D eigenvalue weighted by Gasteiger charge is -2.08. The number of aromatic nitrogens is 5. The summed E-state index contributed by atoms with van der Waals surface area (Å²) in [5.41, 5.74) is 0. The Morgan fingerprint density at radius 1 is 0.880 bits per heavy atom. The van der Waals surface area contributed by atoms with Crippen molar-refractivity contribution in [2.24, 2.45) is 0 Å². The van der Waals surface area contributed by atoms with E-state index in [0.717, 1.165) is 10.1 Å². The van der Waals surface area contributed by atoms with Crippen molar-refractivity contribution in [2.45, 2.75) is 20.4 Å². The SMILES string of the molecule is COCCNc1nc(Sc2ccccn2)nc(Sc2ccccn2)n1. The molecule has 0 amide bonds. The third-order valence-electron chi connectivity index (χ3n) is 2.85. The second-order valence-corrected chi connectivity index (χ2v) is 6.66. The Labute approximate surface area is 154 Å². The van der Waals surface area contributed by atoms with Crippen molar-refractivity contribution in [2.75, 3.05) is 25.6 Å². The van der Waals surface area contributed by atoms with Gasteiger partial charge in [0.05, 0.1) is 6.61 Å². The van der Waals surface area contributed by atoms with Crippen LogP contribution >= 0.6 is 23.5 Å². The molecule has 0 saturated carbocycles. The number of pyridine rings is 2. The van der Waals surface area contributed by atoms with Crippen LogP contribution in [0.5, 0.6) is 0 Å². The summed E-state index contributed by atoms with van der Waals surface area (Å²) >= 11 is 2.77. The topological polar surface area (TPSA) is 85.7 Å². The molecule has 1 N–H and O–H groups in total. The summed E-state index contributed by atoms with van der Waals surface area (Å²) in [6.07, 6.45) is 3.48. The lowest BCUT2D eigenvalue weighted by atomic mass is 10.5. The predicted octanol–water partition coefficient (Wildman–Crippen LogP) is 3.02. The van der Waals surface area contributed by atoms with Gasteiger partial charge in [0, 0.05) is 26.0 Å². The lowest BCUT2D eigenvalue weighted by molar-refractivity contribution is 0.210. The fraction of sp³-hybridized carbons (Fsp3) is 0.188.